The van der Waals surface area contributed by atoms with Crippen molar-refractivity contribution in [2.24, 2.45) is 17.8 Å². The summed E-state index contributed by atoms with van der Waals surface area (Å²) >= 11 is 0. The van der Waals surface area contributed by atoms with Gasteiger partial charge < -0.3 is 10.6 Å². The Bertz CT molecular complexity index is 217. The summed E-state index contributed by atoms with van der Waals surface area (Å²) in [4.78, 5) is 11.2. The Morgan fingerprint density at radius 2 is 2.14 bits per heavy atom. The van der Waals surface area contributed by atoms with Gasteiger partial charge >= 0.3 is 6.03 Å². The normalized spacial score (nSPS) is 34.5. The molecule has 0 aromatic heterocycles. The van der Waals surface area contributed by atoms with E-state index in [-0.39, 0.29) is 6.03 Å². The molecule has 2 bridgehead atoms. The Kier molecular flexibility index (Phi) is 2.94. The summed E-state index contributed by atoms with van der Waals surface area (Å²) in [6.45, 7) is 3.53. The zero-order valence-corrected chi connectivity index (χ0v) is 8.88. The van der Waals surface area contributed by atoms with Crippen molar-refractivity contribution in [3.63, 3.8) is 0 Å². The molecule has 2 amide bonds. The Morgan fingerprint density at radius 1 is 1.29 bits per heavy atom. The molecule has 3 atom stereocenters. The molecular formula is C11H20N2O. The molecule has 0 aliphatic heterocycles. The number of rotatable bonds is 3. The number of amides is 2. The van der Waals surface area contributed by atoms with Crippen LogP contribution >= 0.6 is 0 Å². The van der Waals surface area contributed by atoms with E-state index in [0.717, 1.165) is 24.3 Å². The van der Waals surface area contributed by atoms with Gasteiger partial charge in [0.15, 0.2) is 0 Å². The molecule has 80 valence electrons. The van der Waals surface area contributed by atoms with Crippen molar-refractivity contribution in [1.82, 2.24) is 10.6 Å². The van der Waals surface area contributed by atoms with Crippen LogP contribution in [0.5, 0.6) is 0 Å². The molecule has 2 N–H and O–H groups in total. The minimum absolute atomic E-state index is 0.00438. The Balaban J connectivity index is 1.69. The summed E-state index contributed by atoms with van der Waals surface area (Å²) in [6, 6.07) is -0.00438. The van der Waals surface area contributed by atoms with Crippen molar-refractivity contribution in [2.75, 3.05) is 13.1 Å². The summed E-state index contributed by atoms with van der Waals surface area (Å²) in [5.41, 5.74) is 0. The lowest BCUT2D eigenvalue weighted by Gasteiger charge is -2.21. The number of carbonyl (C=O) groups excluding carboxylic acids is 1. The number of hydrogen-bond acceptors (Lipinski definition) is 1. The third-order valence-electron chi connectivity index (χ3n) is 3.75. The second-order valence-electron chi connectivity index (χ2n) is 4.68. The van der Waals surface area contributed by atoms with E-state index >= 15 is 0 Å². The predicted octanol–water partition coefficient (Wildman–Crippen LogP) is 1.74. The molecular weight excluding hydrogens is 176 g/mol. The van der Waals surface area contributed by atoms with Gasteiger partial charge in [0.25, 0.3) is 0 Å². The van der Waals surface area contributed by atoms with Crippen molar-refractivity contribution in [2.45, 2.75) is 32.6 Å². The van der Waals surface area contributed by atoms with Crippen molar-refractivity contribution >= 4 is 6.03 Å². The molecule has 0 heterocycles. The molecule has 3 heteroatoms. The Labute approximate surface area is 85.6 Å². The molecule has 0 spiro atoms. The van der Waals surface area contributed by atoms with E-state index in [9.17, 15) is 4.79 Å². The quantitative estimate of drug-likeness (QED) is 0.709. The zero-order chi connectivity index (χ0) is 9.97. The van der Waals surface area contributed by atoms with Crippen LogP contribution < -0.4 is 10.6 Å². The molecule has 3 nitrogen and oxygen atoms in total. The number of nitrogens with one attached hydrogen (secondary N) is 2. The Morgan fingerprint density at radius 3 is 2.71 bits per heavy atom. The number of carbonyl (C=O) groups is 1. The number of urea groups is 1. The van der Waals surface area contributed by atoms with Crippen LogP contribution in [0.25, 0.3) is 0 Å². The standard InChI is InChI=1S/C11H20N2O/c1-2-12-11(14)13-7-10-6-8-3-4-9(10)5-8/h8-10H,2-7H2,1H3,(H2,12,13,14). The lowest BCUT2D eigenvalue weighted by Crippen LogP contribution is -2.39. The molecule has 2 rings (SSSR count). The molecule has 2 aliphatic carbocycles. The van der Waals surface area contributed by atoms with Crippen LogP contribution in [-0.4, -0.2) is 19.1 Å². The fraction of sp³-hybridized carbons (Fsp3) is 0.909. The molecule has 2 aliphatic rings. The van der Waals surface area contributed by atoms with E-state index in [4.69, 9.17) is 0 Å². The summed E-state index contributed by atoms with van der Waals surface area (Å²) < 4.78 is 0. The first-order chi connectivity index (χ1) is 6.79. The zero-order valence-electron chi connectivity index (χ0n) is 8.88. The average Bonchev–Trinajstić information content (AvgIpc) is 2.76. The summed E-state index contributed by atoms with van der Waals surface area (Å²) in [5, 5.41) is 5.72. The molecule has 0 aromatic rings. The minimum atomic E-state index is -0.00438. The van der Waals surface area contributed by atoms with E-state index in [1.165, 1.54) is 25.7 Å². The molecule has 0 aromatic carbocycles. The maximum atomic E-state index is 11.2. The SMILES string of the molecule is CCNC(=O)NCC1CC2CCC1C2. The third kappa shape index (κ3) is 2.02. The summed E-state index contributed by atoms with van der Waals surface area (Å²) in [6.07, 6.45) is 5.59. The van der Waals surface area contributed by atoms with Gasteiger partial charge in [0.1, 0.15) is 0 Å². The van der Waals surface area contributed by atoms with E-state index in [1.54, 1.807) is 0 Å². The van der Waals surface area contributed by atoms with Gasteiger partial charge in [0.05, 0.1) is 0 Å². The van der Waals surface area contributed by atoms with Crippen LogP contribution in [-0.2, 0) is 0 Å². The summed E-state index contributed by atoms with van der Waals surface area (Å²) in [7, 11) is 0. The van der Waals surface area contributed by atoms with Gasteiger partial charge in [-0.25, -0.2) is 4.79 Å². The predicted molar refractivity (Wildman–Crippen MR) is 56.0 cm³/mol. The first kappa shape index (κ1) is 9.81. The van der Waals surface area contributed by atoms with Gasteiger partial charge in [-0.1, -0.05) is 6.42 Å². The van der Waals surface area contributed by atoms with Crippen molar-refractivity contribution in [3.05, 3.63) is 0 Å². The van der Waals surface area contributed by atoms with Crippen LogP contribution in [0.4, 0.5) is 4.79 Å². The minimum Gasteiger partial charge on any atom is -0.338 e. The maximum absolute atomic E-state index is 11.2. The molecule has 14 heavy (non-hydrogen) atoms. The monoisotopic (exact) mass is 196 g/mol. The van der Waals surface area contributed by atoms with E-state index < -0.39 is 0 Å². The van der Waals surface area contributed by atoms with Gasteiger partial charge in [-0.3, -0.25) is 0 Å². The average molecular weight is 196 g/mol. The number of hydrogen-bond donors (Lipinski definition) is 2. The van der Waals surface area contributed by atoms with Crippen molar-refractivity contribution < 1.29 is 4.79 Å². The number of fused-ring (bicyclic) bond motifs is 2. The van der Waals surface area contributed by atoms with E-state index in [0.29, 0.717) is 6.54 Å². The van der Waals surface area contributed by atoms with Gasteiger partial charge in [-0.2, -0.15) is 0 Å². The smallest absolute Gasteiger partial charge is 0.314 e. The van der Waals surface area contributed by atoms with Crippen LogP contribution in [0.15, 0.2) is 0 Å². The first-order valence-corrected chi connectivity index (χ1v) is 5.81. The summed E-state index contributed by atoms with van der Waals surface area (Å²) in [5.74, 6) is 2.64. The molecule has 2 saturated carbocycles. The first-order valence-electron chi connectivity index (χ1n) is 5.81. The topological polar surface area (TPSA) is 41.1 Å². The van der Waals surface area contributed by atoms with Crippen molar-refractivity contribution in [3.8, 4) is 0 Å². The highest BCUT2D eigenvalue weighted by Crippen LogP contribution is 2.47. The fourth-order valence-corrected chi connectivity index (χ4v) is 3.07. The highest BCUT2D eigenvalue weighted by atomic mass is 16.2. The van der Waals surface area contributed by atoms with Gasteiger partial charge in [-0.05, 0) is 43.9 Å². The highest BCUT2D eigenvalue weighted by Gasteiger charge is 2.39. The van der Waals surface area contributed by atoms with E-state index in [2.05, 4.69) is 10.6 Å². The third-order valence-corrected chi connectivity index (χ3v) is 3.75. The van der Waals surface area contributed by atoms with Gasteiger partial charge in [0, 0.05) is 13.1 Å². The Hall–Kier alpha value is -0.730. The van der Waals surface area contributed by atoms with Crippen molar-refractivity contribution in [1.29, 1.82) is 0 Å². The van der Waals surface area contributed by atoms with Crippen LogP contribution in [0.3, 0.4) is 0 Å². The molecule has 3 unspecified atom stereocenters. The molecule has 0 radical (unpaired) electrons. The van der Waals surface area contributed by atoms with Crippen LogP contribution in [0.1, 0.15) is 32.6 Å². The second-order valence-corrected chi connectivity index (χ2v) is 4.68. The fourth-order valence-electron chi connectivity index (χ4n) is 3.07. The van der Waals surface area contributed by atoms with E-state index in [1.807, 2.05) is 6.92 Å². The van der Waals surface area contributed by atoms with Crippen LogP contribution in [0, 0.1) is 17.8 Å². The molecule has 2 fully saturated rings. The maximum Gasteiger partial charge on any atom is 0.314 e. The highest BCUT2D eigenvalue weighted by molar-refractivity contribution is 5.73. The lowest BCUT2D eigenvalue weighted by molar-refractivity contribution is 0.235. The van der Waals surface area contributed by atoms with Gasteiger partial charge in [-0.15, -0.1) is 0 Å². The van der Waals surface area contributed by atoms with Gasteiger partial charge in [0.2, 0.25) is 0 Å². The second kappa shape index (κ2) is 4.20. The molecule has 0 saturated heterocycles. The largest absolute Gasteiger partial charge is 0.338 e. The van der Waals surface area contributed by atoms with Crippen LogP contribution in [0.2, 0.25) is 0 Å². The lowest BCUT2D eigenvalue weighted by atomic mass is 9.89.